The summed E-state index contributed by atoms with van der Waals surface area (Å²) in [5.41, 5.74) is 1.18. The lowest BCUT2D eigenvalue weighted by molar-refractivity contribution is 0.413. The van der Waals surface area contributed by atoms with Crippen molar-refractivity contribution >= 4 is 25.7 Å². The molecule has 1 fully saturated rings. The lowest BCUT2D eigenvalue weighted by Gasteiger charge is -2.16. The summed E-state index contributed by atoms with van der Waals surface area (Å²) in [6.45, 7) is 3.43. The fourth-order valence-corrected chi connectivity index (χ4v) is 6.02. The molecule has 0 unspecified atom stereocenters. The molecular weight excluding hydrogens is 378 g/mol. The molecule has 2 aromatic rings. The van der Waals surface area contributed by atoms with Gasteiger partial charge in [-0.3, -0.25) is 4.72 Å². The summed E-state index contributed by atoms with van der Waals surface area (Å²) in [6, 6.07) is 6.02. The summed E-state index contributed by atoms with van der Waals surface area (Å²) in [5, 5.41) is 4.29. The molecule has 2 heterocycles. The molecule has 0 spiro atoms. The minimum atomic E-state index is -3.88. The Morgan fingerprint density at radius 1 is 1.27 bits per heavy atom. The Morgan fingerprint density at radius 3 is 2.62 bits per heavy atom. The van der Waals surface area contributed by atoms with E-state index in [1.165, 1.54) is 17.9 Å². The molecule has 0 aliphatic carbocycles. The summed E-state index contributed by atoms with van der Waals surface area (Å²) in [6.07, 6.45) is 0.413. The van der Waals surface area contributed by atoms with Crippen LogP contribution in [0.25, 0.3) is 0 Å². The number of rotatable bonds is 5. The van der Waals surface area contributed by atoms with E-state index < -0.39 is 19.9 Å². The fraction of sp³-hybridized carbons (Fsp3) is 0.438. The molecule has 1 aliphatic rings. The predicted molar refractivity (Wildman–Crippen MR) is 97.8 cm³/mol. The van der Waals surface area contributed by atoms with Crippen LogP contribution in [-0.4, -0.2) is 45.2 Å². The smallest absolute Gasteiger partial charge is 0.263 e. The molecule has 1 saturated heterocycles. The van der Waals surface area contributed by atoms with Crippen molar-refractivity contribution in [1.29, 1.82) is 0 Å². The van der Waals surface area contributed by atoms with Crippen LogP contribution in [0.1, 0.15) is 23.7 Å². The van der Waals surface area contributed by atoms with Gasteiger partial charge in [0.05, 0.1) is 35.2 Å². The van der Waals surface area contributed by atoms with Crippen LogP contribution >= 0.6 is 0 Å². The van der Waals surface area contributed by atoms with Crippen molar-refractivity contribution in [2.45, 2.75) is 31.2 Å². The predicted octanol–water partition coefficient (Wildman–Crippen LogP) is 1.67. The molecule has 0 bridgehead atoms. The van der Waals surface area contributed by atoms with Crippen molar-refractivity contribution in [2.24, 2.45) is 0 Å². The minimum Gasteiger partial charge on any atom is -0.497 e. The topological polar surface area (TPSA) is 107 Å². The van der Waals surface area contributed by atoms with E-state index in [1.54, 1.807) is 32.0 Å². The number of sulfone groups is 1. The Bertz CT molecular complexity index is 1040. The number of aryl methyl sites for hydroxylation is 2. The number of hydrogen-bond acceptors (Lipinski definition) is 6. The van der Waals surface area contributed by atoms with E-state index >= 15 is 0 Å². The molecule has 0 saturated carbocycles. The Balaban J connectivity index is 1.97. The number of hydrogen-bond donors (Lipinski definition) is 1. The summed E-state index contributed by atoms with van der Waals surface area (Å²) in [7, 11) is -5.54. The van der Waals surface area contributed by atoms with Crippen LogP contribution in [0.5, 0.6) is 5.75 Å². The Kier molecular flexibility index (Phi) is 4.74. The lowest BCUT2D eigenvalue weighted by atomic mass is 10.2. The van der Waals surface area contributed by atoms with E-state index in [-0.39, 0.29) is 28.3 Å². The van der Waals surface area contributed by atoms with Gasteiger partial charge in [0.1, 0.15) is 11.6 Å². The van der Waals surface area contributed by atoms with Gasteiger partial charge < -0.3 is 4.74 Å². The summed E-state index contributed by atoms with van der Waals surface area (Å²) >= 11 is 0. The van der Waals surface area contributed by atoms with Crippen LogP contribution in [0, 0.1) is 13.8 Å². The summed E-state index contributed by atoms with van der Waals surface area (Å²) in [4.78, 5) is 0.0984. The van der Waals surface area contributed by atoms with Crippen LogP contribution < -0.4 is 9.46 Å². The highest BCUT2D eigenvalue weighted by molar-refractivity contribution is 7.92. The van der Waals surface area contributed by atoms with Gasteiger partial charge in [-0.2, -0.15) is 5.10 Å². The number of anilines is 1. The first-order valence-electron chi connectivity index (χ1n) is 8.05. The largest absolute Gasteiger partial charge is 0.497 e. The van der Waals surface area contributed by atoms with Gasteiger partial charge >= 0.3 is 0 Å². The van der Waals surface area contributed by atoms with Gasteiger partial charge in [-0.25, -0.2) is 21.5 Å². The number of methoxy groups -OCH3 is 1. The third-order valence-corrected chi connectivity index (χ3v) is 7.58. The van der Waals surface area contributed by atoms with Gasteiger partial charge in [-0.15, -0.1) is 0 Å². The van der Waals surface area contributed by atoms with Gasteiger partial charge in [0, 0.05) is 12.1 Å². The molecule has 0 radical (unpaired) electrons. The first-order valence-corrected chi connectivity index (χ1v) is 11.4. The Morgan fingerprint density at radius 2 is 2.00 bits per heavy atom. The molecule has 142 valence electrons. The van der Waals surface area contributed by atoms with E-state index in [4.69, 9.17) is 4.74 Å². The van der Waals surface area contributed by atoms with E-state index in [2.05, 4.69) is 9.82 Å². The molecular formula is C16H21N3O5S2. The van der Waals surface area contributed by atoms with Crippen LogP contribution in [-0.2, 0) is 19.9 Å². The standard InChI is InChI=1S/C16H21N3O5S2/c1-11-4-5-14(24-3)9-15(11)26(22,23)18-16-8-12(2)17-19(16)13-6-7-25(20,21)10-13/h4-5,8-9,13,18H,6-7,10H2,1-3H3/t13-/m0/s1. The van der Waals surface area contributed by atoms with Crippen molar-refractivity contribution < 1.29 is 21.6 Å². The fourth-order valence-electron chi connectivity index (χ4n) is 3.03. The van der Waals surface area contributed by atoms with Crippen molar-refractivity contribution in [3.63, 3.8) is 0 Å². The second-order valence-electron chi connectivity index (χ2n) is 6.41. The van der Waals surface area contributed by atoms with E-state index in [1.807, 2.05) is 0 Å². The molecule has 1 aromatic carbocycles. The molecule has 26 heavy (non-hydrogen) atoms. The number of aromatic nitrogens is 2. The van der Waals surface area contributed by atoms with Crippen LogP contribution in [0.3, 0.4) is 0 Å². The average Bonchev–Trinajstić information content (AvgIpc) is 3.09. The zero-order valence-electron chi connectivity index (χ0n) is 14.8. The second kappa shape index (κ2) is 6.58. The Labute approximate surface area is 153 Å². The lowest BCUT2D eigenvalue weighted by Crippen LogP contribution is -2.20. The highest BCUT2D eigenvalue weighted by atomic mass is 32.2. The average molecular weight is 399 g/mol. The van der Waals surface area contributed by atoms with Crippen LogP contribution in [0.2, 0.25) is 0 Å². The first-order chi connectivity index (χ1) is 12.1. The second-order valence-corrected chi connectivity index (χ2v) is 10.3. The van der Waals surface area contributed by atoms with Crippen molar-refractivity contribution in [3.05, 3.63) is 35.5 Å². The van der Waals surface area contributed by atoms with Crippen LogP contribution in [0.15, 0.2) is 29.2 Å². The van der Waals surface area contributed by atoms with Gasteiger partial charge in [-0.1, -0.05) is 6.07 Å². The Hall–Kier alpha value is -2.07. The number of nitrogens with one attached hydrogen (secondary N) is 1. The van der Waals surface area contributed by atoms with Crippen molar-refractivity contribution in [3.8, 4) is 5.75 Å². The molecule has 3 rings (SSSR count). The SMILES string of the molecule is COc1ccc(C)c(S(=O)(=O)Nc2cc(C)nn2[C@H]2CCS(=O)(=O)C2)c1. The van der Waals surface area contributed by atoms with Crippen molar-refractivity contribution in [1.82, 2.24) is 9.78 Å². The zero-order chi connectivity index (χ0) is 19.1. The van der Waals surface area contributed by atoms with Crippen molar-refractivity contribution in [2.75, 3.05) is 23.3 Å². The van der Waals surface area contributed by atoms with Gasteiger partial charge in [-0.05, 0) is 31.9 Å². The highest BCUT2D eigenvalue weighted by Gasteiger charge is 2.32. The van der Waals surface area contributed by atoms with E-state index in [0.29, 0.717) is 23.4 Å². The molecule has 1 N–H and O–H groups in total. The van der Waals surface area contributed by atoms with Crippen LogP contribution in [0.4, 0.5) is 5.82 Å². The number of ether oxygens (including phenoxy) is 1. The number of nitrogens with zero attached hydrogens (tertiary/aromatic N) is 2. The minimum absolute atomic E-state index is 0.0406. The maximum absolute atomic E-state index is 12.9. The molecule has 1 atom stereocenters. The maximum Gasteiger partial charge on any atom is 0.263 e. The summed E-state index contributed by atoms with van der Waals surface area (Å²) < 4.78 is 58.4. The quantitative estimate of drug-likeness (QED) is 0.819. The molecule has 0 amide bonds. The third-order valence-electron chi connectivity index (χ3n) is 4.34. The molecule has 1 aliphatic heterocycles. The number of benzene rings is 1. The number of sulfonamides is 1. The maximum atomic E-state index is 12.9. The van der Waals surface area contributed by atoms with Gasteiger partial charge in [0.15, 0.2) is 9.84 Å². The summed E-state index contributed by atoms with van der Waals surface area (Å²) in [5.74, 6) is 0.730. The van der Waals surface area contributed by atoms with Gasteiger partial charge in [0.2, 0.25) is 0 Å². The third kappa shape index (κ3) is 3.70. The monoisotopic (exact) mass is 399 g/mol. The highest BCUT2D eigenvalue weighted by Crippen LogP contribution is 2.29. The normalized spacial score (nSPS) is 19.4. The molecule has 8 nitrogen and oxygen atoms in total. The first kappa shape index (κ1) is 18.7. The van der Waals surface area contributed by atoms with E-state index in [9.17, 15) is 16.8 Å². The molecule has 10 heteroatoms. The van der Waals surface area contributed by atoms with E-state index in [0.717, 1.165) is 0 Å². The van der Waals surface area contributed by atoms with Gasteiger partial charge in [0.25, 0.3) is 10.0 Å². The molecule has 1 aromatic heterocycles. The zero-order valence-corrected chi connectivity index (χ0v) is 16.4.